The third-order valence-corrected chi connectivity index (χ3v) is 10.4. The highest BCUT2D eigenvalue weighted by molar-refractivity contribution is 7.62. The van der Waals surface area contributed by atoms with Gasteiger partial charge in [-0.3, -0.25) is 0 Å². The Hall–Kier alpha value is -0.120. The number of hydrogen-bond acceptors (Lipinski definition) is 1. The van der Waals surface area contributed by atoms with Crippen LogP contribution in [-0.2, 0) is 0 Å². The molecule has 0 saturated heterocycles. The molecule has 1 N–H and O–H groups in total. The van der Waals surface area contributed by atoms with E-state index in [0.29, 0.717) is 0 Å². The van der Waals surface area contributed by atoms with E-state index in [1.807, 2.05) is 0 Å². The summed E-state index contributed by atoms with van der Waals surface area (Å²) in [4.78, 5) is 0. The van der Waals surface area contributed by atoms with Crippen LogP contribution >= 0.6 is 15.8 Å². The van der Waals surface area contributed by atoms with E-state index in [2.05, 4.69) is 84.8 Å². The summed E-state index contributed by atoms with van der Waals surface area (Å²) in [6.45, 7) is 18.9. The van der Waals surface area contributed by atoms with Gasteiger partial charge in [0, 0.05) is 17.6 Å². The zero-order valence-electron chi connectivity index (χ0n) is 15.7. The molecule has 0 saturated carbocycles. The lowest BCUT2D eigenvalue weighted by Gasteiger charge is -2.29. The lowest BCUT2D eigenvalue weighted by Crippen LogP contribution is -2.20. The van der Waals surface area contributed by atoms with Gasteiger partial charge >= 0.3 is 0 Å². The Morgan fingerprint density at radius 1 is 0.909 bits per heavy atom. The molecule has 126 valence electrons. The van der Waals surface area contributed by atoms with Gasteiger partial charge in [0.1, 0.15) is 0 Å². The van der Waals surface area contributed by atoms with Gasteiger partial charge in [-0.2, -0.15) is 0 Å². The fourth-order valence-corrected chi connectivity index (χ4v) is 7.68. The average Bonchev–Trinajstić information content (AvgIpc) is 2.41. The molecule has 0 bridgehead atoms. The smallest absolute Gasteiger partial charge is 0.0386 e. The van der Waals surface area contributed by atoms with Crippen LogP contribution in [0.25, 0.3) is 0 Å². The van der Waals surface area contributed by atoms with Crippen molar-refractivity contribution in [2.45, 2.75) is 78.0 Å². The summed E-state index contributed by atoms with van der Waals surface area (Å²) in [6.07, 6.45) is 7.94. The van der Waals surface area contributed by atoms with Gasteiger partial charge in [-0.1, -0.05) is 77.3 Å². The zero-order chi connectivity index (χ0) is 16.9. The minimum absolute atomic E-state index is 0.0476. The van der Waals surface area contributed by atoms with Crippen LogP contribution < -0.4 is 5.32 Å². The SMILES string of the molecule is CC(C)P(/C=C1\C=CC=C(CP(C(C)C)C(C)C)N1)C(C)C. The van der Waals surface area contributed by atoms with E-state index in [1.54, 1.807) is 0 Å². The molecule has 0 amide bonds. The van der Waals surface area contributed by atoms with Gasteiger partial charge in [0.2, 0.25) is 0 Å². The summed E-state index contributed by atoms with van der Waals surface area (Å²) in [7, 11) is -0.0159. The molecule has 1 aliphatic rings. The van der Waals surface area contributed by atoms with Crippen molar-refractivity contribution in [1.82, 2.24) is 5.32 Å². The summed E-state index contributed by atoms with van der Waals surface area (Å²) in [5, 5.41) is 3.70. The maximum Gasteiger partial charge on any atom is 0.0386 e. The Balaban J connectivity index is 2.80. The van der Waals surface area contributed by atoms with Gasteiger partial charge in [0.25, 0.3) is 0 Å². The van der Waals surface area contributed by atoms with Crippen molar-refractivity contribution in [3.63, 3.8) is 0 Å². The van der Waals surface area contributed by atoms with Crippen LogP contribution in [0.3, 0.4) is 0 Å². The van der Waals surface area contributed by atoms with Gasteiger partial charge < -0.3 is 5.32 Å². The Morgan fingerprint density at radius 3 is 1.91 bits per heavy atom. The Labute approximate surface area is 141 Å². The van der Waals surface area contributed by atoms with Crippen molar-refractivity contribution < 1.29 is 0 Å². The molecule has 0 aromatic rings. The van der Waals surface area contributed by atoms with E-state index in [-0.39, 0.29) is 15.8 Å². The molecule has 0 radical (unpaired) electrons. The topological polar surface area (TPSA) is 12.0 Å². The second kappa shape index (κ2) is 9.24. The molecule has 0 aromatic carbocycles. The first kappa shape index (κ1) is 19.9. The van der Waals surface area contributed by atoms with Crippen LogP contribution in [0.15, 0.2) is 35.4 Å². The molecule has 22 heavy (non-hydrogen) atoms. The van der Waals surface area contributed by atoms with E-state index >= 15 is 0 Å². The zero-order valence-corrected chi connectivity index (χ0v) is 17.5. The molecule has 0 spiro atoms. The predicted octanol–water partition coefficient (Wildman–Crippen LogP) is 6.47. The minimum atomic E-state index is -0.0635. The monoisotopic (exact) mass is 339 g/mol. The van der Waals surface area contributed by atoms with Crippen molar-refractivity contribution in [3.05, 3.63) is 35.4 Å². The van der Waals surface area contributed by atoms with Crippen molar-refractivity contribution in [3.8, 4) is 0 Å². The van der Waals surface area contributed by atoms with E-state index in [1.165, 1.54) is 17.6 Å². The molecule has 1 rings (SSSR count). The third kappa shape index (κ3) is 6.17. The summed E-state index contributed by atoms with van der Waals surface area (Å²) >= 11 is 0. The van der Waals surface area contributed by atoms with Gasteiger partial charge in [-0.25, -0.2) is 0 Å². The van der Waals surface area contributed by atoms with Crippen molar-refractivity contribution in [2.75, 3.05) is 6.16 Å². The lowest BCUT2D eigenvalue weighted by molar-refractivity contribution is 0.957. The van der Waals surface area contributed by atoms with Crippen LogP contribution in [0.4, 0.5) is 0 Å². The first-order valence-electron chi connectivity index (χ1n) is 8.61. The highest BCUT2D eigenvalue weighted by atomic mass is 31.1. The number of hydrogen-bond donors (Lipinski definition) is 1. The number of nitrogens with one attached hydrogen (secondary N) is 1. The van der Waals surface area contributed by atoms with Crippen LogP contribution in [0, 0.1) is 0 Å². The van der Waals surface area contributed by atoms with Crippen LogP contribution in [0.1, 0.15) is 55.4 Å². The highest BCUT2D eigenvalue weighted by Gasteiger charge is 2.20. The summed E-state index contributed by atoms with van der Waals surface area (Å²) in [5.74, 6) is 2.50. The molecule has 0 atom stereocenters. The predicted molar refractivity (Wildman–Crippen MR) is 108 cm³/mol. The van der Waals surface area contributed by atoms with Gasteiger partial charge in [-0.05, 0) is 40.6 Å². The fourth-order valence-electron chi connectivity index (χ4n) is 2.92. The van der Waals surface area contributed by atoms with Crippen LogP contribution in [0.2, 0.25) is 0 Å². The Morgan fingerprint density at radius 2 is 1.45 bits per heavy atom. The molecule has 1 nitrogen and oxygen atoms in total. The maximum absolute atomic E-state index is 3.70. The van der Waals surface area contributed by atoms with E-state index < -0.39 is 0 Å². The molecule has 0 aliphatic carbocycles. The number of allylic oxidation sites excluding steroid dienone is 4. The number of rotatable bonds is 7. The normalized spacial score (nSPS) is 17.5. The van der Waals surface area contributed by atoms with Gasteiger partial charge in [0.05, 0.1) is 0 Å². The molecule has 0 aromatic heterocycles. The Kier molecular flexibility index (Phi) is 8.37. The molecule has 3 heteroatoms. The van der Waals surface area contributed by atoms with Crippen molar-refractivity contribution >= 4 is 15.8 Å². The maximum atomic E-state index is 3.70. The lowest BCUT2D eigenvalue weighted by atomic mass is 10.3. The second-order valence-electron chi connectivity index (χ2n) is 7.26. The molecule has 1 heterocycles. The standard InChI is InChI=1S/C19H35NP2/c1-14(2)21(15(3)4)12-18-10-9-11-19(20-18)13-22(16(5)6)17(7)8/h9-12,14-17,20H,13H2,1-8H3/b18-12+. The first-order chi connectivity index (χ1) is 10.2. The van der Waals surface area contributed by atoms with Gasteiger partial charge in [-0.15, -0.1) is 0 Å². The first-order valence-corrected chi connectivity index (χ1v) is 11.8. The van der Waals surface area contributed by atoms with Crippen molar-refractivity contribution in [1.29, 1.82) is 0 Å². The molecular weight excluding hydrogens is 304 g/mol. The van der Waals surface area contributed by atoms with Gasteiger partial charge in [0.15, 0.2) is 0 Å². The van der Waals surface area contributed by atoms with Crippen LogP contribution in [0.5, 0.6) is 0 Å². The highest BCUT2D eigenvalue weighted by Crippen LogP contribution is 2.49. The third-order valence-electron chi connectivity index (χ3n) is 4.04. The average molecular weight is 339 g/mol. The summed E-state index contributed by atoms with van der Waals surface area (Å²) in [5.41, 5.74) is 5.79. The van der Waals surface area contributed by atoms with Crippen LogP contribution in [-0.4, -0.2) is 28.8 Å². The summed E-state index contributed by atoms with van der Waals surface area (Å²) < 4.78 is 0. The molecule has 1 aliphatic heterocycles. The van der Waals surface area contributed by atoms with E-state index in [4.69, 9.17) is 0 Å². The van der Waals surface area contributed by atoms with Crippen molar-refractivity contribution in [2.24, 2.45) is 0 Å². The molecular formula is C19H35NP2. The molecule has 0 fully saturated rings. The minimum Gasteiger partial charge on any atom is -0.359 e. The quantitative estimate of drug-likeness (QED) is 0.524. The van der Waals surface area contributed by atoms with E-state index in [0.717, 1.165) is 22.6 Å². The largest absolute Gasteiger partial charge is 0.359 e. The summed E-state index contributed by atoms with van der Waals surface area (Å²) in [6, 6.07) is 0. The second-order valence-corrected chi connectivity index (χ2v) is 13.9. The molecule has 0 unspecified atom stereocenters. The Bertz CT molecular complexity index is 415. The van der Waals surface area contributed by atoms with E-state index in [9.17, 15) is 0 Å². The number of dihydropyridines is 1. The fraction of sp³-hybridized carbons (Fsp3) is 0.684.